The number of benzene rings is 2. The van der Waals surface area contributed by atoms with Gasteiger partial charge in [0.25, 0.3) is 11.8 Å². The molecule has 2 amide bonds. The molecule has 1 fully saturated rings. The van der Waals surface area contributed by atoms with Crippen molar-refractivity contribution in [1.29, 1.82) is 0 Å². The third-order valence-electron chi connectivity index (χ3n) is 5.99. The number of piperazine rings is 1. The molecule has 6 heteroatoms. The van der Waals surface area contributed by atoms with Crippen LogP contribution in [0.2, 0.25) is 0 Å². The molecule has 3 rings (SSSR count). The van der Waals surface area contributed by atoms with Gasteiger partial charge in [-0.15, -0.1) is 0 Å². The van der Waals surface area contributed by atoms with Crippen LogP contribution in [0.25, 0.3) is 0 Å². The molecule has 0 radical (unpaired) electrons. The Hall–Kier alpha value is -3.02. The molecule has 1 atom stereocenters. The van der Waals surface area contributed by atoms with Gasteiger partial charge in [0.1, 0.15) is 11.5 Å². The number of ether oxygens (including phenoxy) is 2. The van der Waals surface area contributed by atoms with E-state index in [0.29, 0.717) is 43.4 Å². The fourth-order valence-electron chi connectivity index (χ4n) is 3.76. The lowest BCUT2D eigenvalue weighted by molar-refractivity contribution is -0.134. The van der Waals surface area contributed by atoms with Crippen LogP contribution in [0.5, 0.6) is 11.5 Å². The number of rotatable bonds is 7. The van der Waals surface area contributed by atoms with Crippen LogP contribution >= 0.6 is 0 Å². The summed E-state index contributed by atoms with van der Waals surface area (Å²) in [5.74, 6) is 1.76. The zero-order valence-corrected chi connectivity index (χ0v) is 18.9. The van der Waals surface area contributed by atoms with Crippen molar-refractivity contribution in [3.63, 3.8) is 0 Å². The molecule has 166 valence electrons. The minimum absolute atomic E-state index is 0.0105. The normalized spacial score (nSPS) is 14.8. The van der Waals surface area contributed by atoms with Crippen molar-refractivity contribution in [3.05, 3.63) is 59.2 Å². The highest BCUT2D eigenvalue weighted by molar-refractivity contribution is 5.95. The van der Waals surface area contributed by atoms with E-state index in [9.17, 15) is 9.59 Å². The Kier molecular flexibility index (Phi) is 7.55. The monoisotopic (exact) mass is 424 g/mol. The number of hydrogen-bond donors (Lipinski definition) is 0. The zero-order valence-electron chi connectivity index (χ0n) is 18.9. The van der Waals surface area contributed by atoms with E-state index < -0.39 is 0 Å². The van der Waals surface area contributed by atoms with Gasteiger partial charge in [-0.3, -0.25) is 9.59 Å². The van der Waals surface area contributed by atoms with E-state index in [-0.39, 0.29) is 18.4 Å². The lowest BCUT2D eigenvalue weighted by atomic mass is 9.98. The van der Waals surface area contributed by atoms with Crippen molar-refractivity contribution in [2.45, 2.75) is 33.1 Å². The standard InChI is InChI=1S/C25H32N2O4/c1-5-18(2)21-8-6-7-9-22(21)31-17-24(28)26-12-14-27(15-13-26)25(29)20-11-10-19(3)23(16-20)30-4/h6-11,16,18H,5,12-15,17H2,1-4H3. The first kappa shape index (κ1) is 22.7. The summed E-state index contributed by atoms with van der Waals surface area (Å²) < 4.78 is 11.2. The molecule has 2 aromatic rings. The van der Waals surface area contributed by atoms with Gasteiger partial charge >= 0.3 is 0 Å². The van der Waals surface area contributed by atoms with Gasteiger partial charge < -0.3 is 19.3 Å². The molecule has 1 aliphatic rings. The molecule has 0 aliphatic carbocycles. The number of carbonyl (C=O) groups is 2. The Morgan fingerprint density at radius 3 is 2.35 bits per heavy atom. The number of methoxy groups -OCH3 is 1. The van der Waals surface area contributed by atoms with Gasteiger partial charge in [0.05, 0.1) is 7.11 Å². The number of para-hydroxylation sites is 1. The van der Waals surface area contributed by atoms with Gasteiger partial charge in [-0.25, -0.2) is 0 Å². The summed E-state index contributed by atoms with van der Waals surface area (Å²) in [6.45, 7) is 8.27. The van der Waals surface area contributed by atoms with Crippen LogP contribution in [0.1, 0.15) is 47.7 Å². The molecule has 0 spiro atoms. The summed E-state index contributed by atoms with van der Waals surface area (Å²) in [4.78, 5) is 29.1. The van der Waals surface area contributed by atoms with Crippen molar-refractivity contribution in [2.24, 2.45) is 0 Å². The van der Waals surface area contributed by atoms with E-state index in [0.717, 1.165) is 23.3 Å². The topological polar surface area (TPSA) is 59.1 Å². The van der Waals surface area contributed by atoms with Gasteiger partial charge in [0.15, 0.2) is 6.61 Å². The summed E-state index contributed by atoms with van der Waals surface area (Å²) in [6, 6.07) is 13.4. The average molecular weight is 425 g/mol. The largest absolute Gasteiger partial charge is 0.496 e. The van der Waals surface area contributed by atoms with Gasteiger partial charge in [-0.2, -0.15) is 0 Å². The molecule has 2 aromatic carbocycles. The van der Waals surface area contributed by atoms with E-state index >= 15 is 0 Å². The molecule has 1 heterocycles. The highest BCUT2D eigenvalue weighted by atomic mass is 16.5. The molecular weight excluding hydrogens is 392 g/mol. The fourth-order valence-corrected chi connectivity index (χ4v) is 3.76. The first-order chi connectivity index (χ1) is 14.9. The van der Waals surface area contributed by atoms with Crippen LogP contribution in [-0.2, 0) is 4.79 Å². The molecule has 31 heavy (non-hydrogen) atoms. The second-order valence-corrected chi connectivity index (χ2v) is 7.99. The summed E-state index contributed by atoms with van der Waals surface area (Å²) in [7, 11) is 1.60. The number of aryl methyl sites for hydroxylation is 1. The molecular formula is C25H32N2O4. The summed E-state index contributed by atoms with van der Waals surface area (Å²) in [5, 5.41) is 0. The SMILES string of the molecule is CCC(C)c1ccccc1OCC(=O)N1CCN(C(=O)c2ccc(C)c(OC)c2)CC1. The van der Waals surface area contributed by atoms with Crippen molar-refractivity contribution in [2.75, 3.05) is 39.9 Å². The predicted molar refractivity (Wildman–Crippen MR) is 121 cm³/mol. The van der Waals surface area contributed by atoms with E-state index in [2.05, 4.69) is 19.9 Å². The third kappa shape index (κ3) is 5.37. The van der Waals surface area contributed by atoms with E-state index in [4.69, 9.17) is 9.47 Å². The summed E-state index contributed by atoms with van der Waals surface area (Å²) in [6.07, 6.45) is 1.01. The first-order valence-corrected chi connectivity index (χ1v) is 10.9. The Balaban J connectivity index is 1.54. The van der Waals surface area contributed by atoms with Crippen LogP contribution < -0.4 is 9.47 Å². The first-order valence-electron chi connectivity index (χ1n) is 10.9. The molecule has 0 aromatic heterocycles. The van der Waals surface area contributed by atoms with Gasteiger partial charge in [0, 0.05) is 31.7 Å². The maximum absolute atomic E-state index is 12.8. The molecule has 0 saturated carbocycles. The second kappa shape index (κ2) is 10.3. The molecule has 1 aliphatic heterocycles. The molecule has 6 nitrogen and oxygen atoms in total. The fraction of sp³-hybridized carbons (Fsp3) is 0.440. The van der Waals surface area contributed by atoms with Gasteiger partial charge in [0.2, 0.25) is 0 Å². The van der Waals surface area contributed by atoms with Crippen molar-refractivity contribution in [1.82, 2.24) is 9.80 Å². The summed E-state index contributed by atoms with van der Waals surface area (Å²) >= 11 is 0. The molecule has 0 bridgehead atoms. The van der Waals surface area contributed by atoms with Crippen LogP contribution in [0, 0.1) is 6.92 Å². The minimum Gasteiger partial charge on any atom is -0.496 e. The predicted octanol–water partition coefficient (Wildman–Crippen LogP) is 3.88. The van der Waals surface area contributed by atoms with Gasteiger partial charge in [-0.05, 0) is 48.6 Å². The highest BCUT2D eigenvalue weighted by Crippen LogP contribution is 2.28. The quantitative estimate of drug-likeness (QED) is 0.677. The van der Waals surface area contributed by atoms with E-state index in [1.807, 2.05) is 37.3 Å². The number of amides is 2. The Morgan fingerprint density at radius 1 is 1.00 bits per heavy atom. The third-order valence-corrected chi connectivity index (χ3v) is 5.99. The summed E-state index contributed by atoms with van der Waals surface area (Å²) in [5.41, 5.74) is 2.72. The maximum Gasteiger partial charge on any atom is 0.260 e. The number of carbonyl (C=O) groups excluding carboxylic acids is 2. The van der Waals surface area contributed by atoms with Crippen molar-refractivity contribution >= 4 is 11.8 Å². The van der Waals surface area contributed by atoms with Crippen LogP contribution in [0.15, 0.2) is 42.5 Å². The van der Waals surface area contributed by atoms with Crippen LogP contribution in [-0.4, -0.2) is 61.5 Å². The molecule has 0 N–H and O–H groups in total. The lowest BCUT2D eigenvalue weighted by Gasteiger charge is -2.35. The van der Waals surface area contributed by atoms with Gasteiger partial charge in [-0.1, -0.05) is 38.1 Å². The van der Waals surface area contributed by atoms with Crippen molar-refractivity contribution < 1.29 is 19.1 Å². The Morgan fingerprint density at radius 2 is 1.68 bits per heavy atom. The van der Waals surface area contributed by atoms with E-state index in [1.54, 1.807) is 23.0 Å². The van der Waals surface area contributed by atoms with E-state index in [1.165, 1.54) is 0 Å². The average Bonchev–Trinajstić information content (AvgIpc) is 2.82. The number of hydrogen-bond acceptors (Lipinski definition) is 4. The lowest BCUT2D eigenvalue weighted by Crippen LogP contribution is -2.51. The Bertz CT molecular complexity index is 919. The maximum atomic E-state index is 12.8. The molecule has 1 saturated heterocycles. The highest BCUT2D eigenvalue weighted by Gasteiger charge is 2.25. The Labute approximate surface area is 184 Å². The smallest absolute Gasteiger partial charge is 0.260 e. The molecule has 1 unspecified atom stereocenters. The minimum atomic E-state index is -0.0527. The van der Waals surface area contributed by atoms with Crippen molar-refractivity contribution in [3.8, 4) is 11.5 Å². The second-order valence-electron chi connectivity index (χ2n) is 7.99. The number of nitrogens with zero attached hydrogens (tertiary/aromatic N) is 2. The van der Waals surface area contributed by atoms with Crippen LogP contribution in [0.4, 0.5) is 0 Å². The van der Waals surface area contributed by atoms with Crippen LogP contribution in [0.3, 0.4) is 0 Å². The zero-order chi connectivity index (χ0) is 22.4.